The van der Waals surface area contributed by atoms with Gasteiger partial charge in [0.2, 0.25) is 0 Å². The van der Waals surface area contributed by atoms with Gasteiger partial charge >= 0.3 is 0 Å². The van der Waals surface area contributed by atoms with Crippen molar-refractivity contribution in [3.8, 4) is 0 Å². The van der Waals surface area contributed by atoms with Crippen LogP contribution < -0.4 is 0 Å². The molecule has 3 heterocycles. The molecular formula is C14H20NO+. The summed E-state index contributed by atoms with van der Waals surface area (Å²) in [6, 6.07) is 10.6. The van der Waals surface area contributed by atoms with E-state index in [-0.39, 0.29) is 11.5 Å². The van der Waals surface area contributed by atoms with Crippen LogP contribution in [0.15, 0.2) is 30.3 Å². The number of benzene rings is 1. The first-order valence-electron chi connectivity index (χ1n) is 6.22. The Bertz CT molecular complexity index is 379. The zero-order chi connectivity index (χ0) is 11.2. The number of aliphatic hydroxyl groups is 1. The van der Waals surface area contributed by atoms with Gasteiger partial charge in [-0.15, -0.1) is 0 Å². The Morgan fingerprint density at radius 1 is 1.19 bits per heavy atom. The fraction of sp³-hybridized carbons (Fsp3) is 0.571. The molecule has 0 aromatic heterocycles. The van der Waals surface area contributed by atoms with Gasteiger partial charge in [-0.05, 0) is 5.56 Å². The third kappa shape index (κ3) is 1.33. The normalized spacial score (nSPS) is 42.2. The second-order valence-corrected chi connectivity index (χ2v) is 5.79. The summed E-state index contributed by atoms with van der Waals surface area (Å²) in [7, 11) is 2.28. The second kappa shape index (κ2) is 3.31. The van der Waals surface area contributed by atoms with Crippen molar-refractivity contribution in [1.29, 1.82) is 0 Å². The Balaban J connectivity index is 2.00. The molecule has 1 atom stereocenters. The van der Waals surface area contributed by atoms with Crippen molar-refractivity contribution in [2.45, 2.75) is 24.4 Å². The molecule has 1 aromatic rings. The molecule has 1 aromatic carbocycles. The van der Waals surface area contributed by atoms with Gasteiger partial charge in [0.15, 0.2) is 0 Å². The number of quaternary nitrogens is 1. The van der Waals surface area contributed by atoms with Crippen LogP contribution in [0.5, 0.6) is 0 Å². The van der Waals surface area contributed by atoms with Crippen LogP contribution in [-0.4, -0.2) is 42.4 Å². The number of fused-ring (bicyclic) bond motifs is 3. The molecule has 2 nitrogen and oxygen atoms in total. The second-order valence-electron chi connectivity index (χ2n) is 5.79. The highest BCUT2D eigenvalue weighted by Gasteiger charge is 2.53. The van der Waals surface area contributed by atoms with Gasteiger partial charge in [-0.25, -0.2) is 0 Å². The maximum atomic E-state index is 10.5. The van der Waals surface area contributed by atoms with E-state index in [1.165, 1.54) is 18.7 Å². The highest BCUT2D eigenvalue weighted by atomic mass is 16.3. The van der Waals surface area contributed by atoms with Crippen LogP contribution in [0.2, 0.25) is 0 Å². The first-order chi connectivity index (χ1) is 7.65. The molecule has 16 heavy (non-hydrogen) atoms. The lowest BCUT2D eigenvalue weighted by atomic mass is 9.65. The van der Waals surface area contributed by atoms with Gasteiger partial charge < -0.3 is 9.59 Å². The Morgan fingerprint density at radius 3 is 2.38 bits per heavy atom. The molecule has 86 valence electrons. The van der Waals surface area contributed by atoms with E-state index in [9.17, 15) is 5.11 Å². The molecular weight excluding hydrogens is 198 g/mol. The van der Waals surface area contributed by atoms with Crippen LogP contribution in [0.25, 0.3) is 0 Å². The first kappa shape index (κ1) is 10.3. The van der Waals surface area contributed by atoms with Crippen molar-refractivity contribution in [1.82, 2.24) is 0 Å². The zero-order valence-corrected chi connectivity index (χ0v) is 9.89. The van der Waals surface area contributed by atoms with Crippen LogP contribution >= 0.6 is 0 Å². The molecule has 3 fully saturated rings. The number of likely N-dealkylation sites (N-methyl/N-ethyl adjacent to an activating group) is 1. The van der Waals surface area contributed by atoms with Crippen molar-refractivity contribution < 1.29 is 9.59 Å². The van der Waals surface area contributed by atoms with E-state index in [4.69, 9.17) is 0 Å². The predicted octanol–water partition coefficient (Wildman–Crippen LogP) is 1.54. The van der Waals surface area contributed by atoms with Gasteiger partial charge in [0, 0.05) is 18.3 Å². The van der Waals surface area contributed by atoms with E-state index >= 15 is 0 Å². The van der Waals surface area contributed by atoms with Gasteiger partial charge in [-0.1, -0.05) is 30.3 Å². The largest absolute Gasteiger partial charge is 0.386 e. The van der Waals surface area contributed by atoms with Crippen LogP contribution in [0.1, 0.15) is 18.4 Å². The summed E-state index contributed by atoms with van der Waals surface area (Å²) < 4.78 is 1.07. The van der Waals surface area contributed by atoms with E-state index in [2.05, 4.69) is 37.4 Å². The first-order valence-corrected chi connectivity index (χ1v) is 6.22. The van der Waals surface area contributed by atoms with E-state index in [1.807, 2.05) is 0 Å². The van der Waals surface area contributed by atoms with E-state index in [0.29, 0.717) is 0 Å². The van der Waals surface area contributed by atoms with E-state index < -0.39 is 0 Å². The third-order valence-corrected chi connectivity index (χ3v) is 4.80. The molecule has 3 aliphatic rings. The Kier molecular flexibility index (Phi) is 2.13. The lowest BCUT2D eigenvalue weighted by Crippen LogP contribution is -2.67. The molecule has 0 radical (unpaired) electrons. The molecule has 3 saturated heterocycles. The summed E-state index contributed by atoms with van der Waals surface area (Å²) in [5, 5.41) is 10.5. The minimum absolute atomic E-state index is 0.0528. The van der Waals surface area contributed by atoms with Gasteiger partial charge in [0.1, 0.15) is 12.6 Å². The summed E-state index contributed by atoms with van der Waals surface area (Å²) in [5.41, 5.74) is 1.39. The van der Waals surface area contributed by atoms with Crippen molar-refractivity contribution >= 4 is 0 Å². The molecule has 0 amide bonds. The smallest absolute Gasteiger partial charge is 0.113 e. The third-order valence-electron chi connectivity index (χ3n) is 4.80. The fourth-order valence-corrected chi connectivity index (χ4v) is 3.53. The highest BCUT2D eigenvalue weighted by Crippen LogP contribution is 2.45. The fourth-order valence-electron chi connectivity index (χ4n) is 3.53. The monoisotopic (exact) mass is 218 g/mol. The molecule has 1 N–H and O–H groups in total. The Morgan fingerprint density at radius 2 is 1.81 bits per heavy atom. The molecule has 2 heteroatoms. The molecule has 0 aliphatic carbocycles. The van der Waals surface area contributed by atoms with Crippen LogP contribution in [0, 0.1) is 0 Å². The minimum Gasteiger partial charge on any atom is -0.386 e. The summed E-state index contributed by atoms with van der Waals surface area (Å²) >= 11 is 0. The molecule has 0 saturated carbocycles. The number of hydrogen-bond donors (Lipinski definition) is 1. The maximum absolute atomic E-state index is 10.5. The lowest BCUT2D eigenvalue weighted by Gasteiger charge is -2.55. The molecule has 0 spiro atoms. The molecule has 0 unspecified atom stereocenters. The topological polar surface area (TPSA) is 20.2 Å². The maximum Gasteiger partial charge on any atom is 0.113 e. The van der Waals surface area contributed by atoms with Gasteiger partial charge in [-0.2, -0.15) is 0 Å². The van der Waals surface area contributed by atoms with Crippen LogP contribution in [-0.2, 0) is 5.41 Å². The number of hydrogen-bond acceptors (Lipinski definition) is 1. The standard InChI is InChI=1S/C14H20NO/c1-15-9-7-14(8-10-15,13(16)11-15)12-5-3-2-4-6-12/h2-6,13,16H,7-11H2,1H3/q+1/t13-,14?,15?/m0/s1. The van der Waals surface area contributed by atoms with Crippen LogP contribution in [0.3, 0.4) is 0 Å². The van der Waals surface area contributed by atoms with Crippen LogP contribution in [0.4, 0.5) is 0 Å². The minimum atomic E-state index is -0.164. The average Bonchev–Trinajstić information content (AvgIpc) is 2.30. The summed E-state index contributed by atoms with van der Waals surface area (Å²) in [5.74, 6) is 0. The SMILES string of the molecule is C[N+]12CCC(c3ccccc3)(CC1)[C@@H](O)C2. The summed E-state index contributed by atoms with van der Waals surface area (Å²) in [4.78, 5) is 0. The molecule has 3 aliphatic heterocycles. The highest BCUT2D eigenvalue weighted by molar-refractivity contribution is 5.28. The van der Waals surface area contributed by atoms with E-state index in [1.54, 1.807) is 0 Å². The van der Waals surface area contributed by atoms with Gasteiger partial charge in [0.05, 0.1) is 20.1 Å². The molecule has 2 bridgehead atoms. The number of rotatable bonds is 1. The average molecular weight is 218 g/mol. The van der Waals surface area contributed by atoms with Crippen molar-refractivity contribution in [2.75, 3.05) is 26.7 Å². The Hall–Kier alpha value is -0.860. The van der Waals surface area contributed by atoms with Crippen molar-refractivity contribution in [3.05, 3.63) is 35.9 Å². The molecule has 4 rings (SSSR count). The van der Waals surface area contributed by atoms with Gasteiger partial charge in [0.25, 0.3) is 0 Å². The Labute approximate surface area is 97.1 Å². The number of piperidine rings is 3. The predicted molar refractivity (Wildman–Crippen MR) is 64.1 cm³/mol. The lowest BCUT2D eigenvalue weighted by molar-refractivity contribution is -0.929. The van der Waals surface area contributed by atoms with E-state index in [0.717, 1.165) is 23.9 Å². The summed E-state index contributed by atoms with van der Waals surface area (Å²) in [6.45, 7) is 3.35. The zero-order valence-electron chi connectivity index (χ0n) is 9.89. The van der Waals surface area contributed by atoms with Crippen molar-refractivity contribution in [3.63, 3.8) is 0 Å². The van der Waals surface area contributed by atoms with Gasteiger partial charge in [-0.3, -0.25) is 0 Å². The number of nitrogens with zero attached hydrogens (tertiary/aromatic N) is 1. The van der Waals surface area contributed by atoms with Crippen molar-refractivity contribution in [2.24, 2.45) is 0 Å². The number of aliphatic hydroxyl groups excluding tert-OH is 1. The quantitative estimate of drug-likeness (QED) is 0.709. The summed E-state index contributed by atoms with van der Waals surface area (Å²) in [6.07, 6.45) is 2.10.